The fourth-order valence-electron chi connectivity index (χ4n) is 1.89. The molecule has 2 aromatic rings. The Kier molecular flexibility index (Phi) is 4.93. The van der Waals surface area contributed by atoms with Crippen LogP contribution in [0, 0.1) is 0 Å². The molecule has 112 valence electrons. The summed E-state index contributed by atoms with van der Waals surface area (Å²) < 4.78 is 16.5. The maximum atomic E-state index is 6.07. The summed E-state index contributed by atoms with van der Waals surface area (Å²) in [7, 11) is 1.65. The van der Waals surface area contributed by atoms with Gasteiger partial charge in [0.2, 0.25) is 0 Å². The van der Waals surface area contributed by atoms with Crippen molar-refractivity contribution in [3.63, 3.8) is 0 Å². The molecular formula is C17H21NO3. The molecule has 21 heavy (non-hydrogen) atoms. The average molecular weight is 287 g/mol. The molecule has 0 aliphatic rings. The third kappa shape index (κ3) is 4.05. The molecule has 0 bridgehead atoms. The standard InChI is InChI=1S/C17H21NO3/c1-12(2)21-16-6-4-5-15(17(16)18)20-11-13-7-9-14(19-3)10-8-13/h4-10,12H,11,18H2,1-3H3. The molecule has 2 aromatic carbocycles. The molecule has 0 aliphatic heterocycles. The molecule has 0 aromatic heterocycles. The van der Waals surface area contributed by atoms with Crippen LogP contribution in [-0.2, 0) is 6.61 Å². The van der Waals surface area contributed by atoms with Gasteiger partial charge in [-0.05, 0) is 43.7 Å². The first-order chi connectivity index (χ1) is 10.1. The molecule has 0 heterocycles. The maximum Gasteiger partial charge on any atom is 0.146 e. The van der Waals surface area contributed by atoms with E-state index < -0.39 is 0 Å². The third-order valence-corrected chi connectivity index (χ3v) is 2.94. The van der Waals surface area contributed by atoms with Crippen molar-refractivity contribution in [2.24, 2.45) is 0 Å². The van der Waals surface area contributed by atoms with Gasteiger partial charge in [0, 0.05) is 0 Å². The molecule has 2 rings (SSSR count). The van der Waals surface area contributed by atoms with Crippen molar-refractivity contribution in [3.8, 4) is 17.2 Å². The number of methoxy groups -OCH3 is 1. The molecule has 0 saturated carbocycles. The summed E-state index contributed by atoms with van der Waals surface area (Å²) >= 11 is 0. The van der Waals surface area contributed by atoms with Crippen molar-refractivity contribution in [1.29, 1.82) is 0 Å². The Bertz CT molecular complexity index is 579. The van der Waals surface area contributed by atoms with Crippen LogP contribution in [0.25, 0.3) is 0 Å². The number of nitrogen functional groups attached to an aromatic ring is 1. The molecule has 0 radical (unpaired) electrons. The lowest BCUT2D eigenvalue weighted by Gasteiger charge is -2.15. The van der Waals surface area contributed by atoms with E-state index >= 15 is 0 Å². The Morgan fingerprint density at radius 1 is 1.00 bits per heavy atom. The van der Waals surface area contributed by atoms with Gasteiger partial charge in [-0.15, -0.1) is 0 Å². The molecule has 4 heteroatoms. The quantitative estimate of drug-likeness (QED) is 0.824. The largest absolute Gasteiger partial charge is 0.497 e. The van der Waals surface area contributed by atoms with Crippen molar-refractivity contribution < 1.29 is 14.2 Å². The maximum absolute atomic E-state index is 6.07. The predicted molar refractivity (Wildman–Crippen MR) is 83.9 cm³/mol. The summed E-state index contributed by atoms with van der Waals surface area (Å²) in [5.74, 6) is 2.10. The molecular weight excluding hydrogens is 266 g/mol. The summed E-state index contributed by atoms with van der Waals surface area (Å²) in [6.07, 6.45) is 0.0733. The molecule has 0 fully saturated rings. The van der Waals surface area contributed by atoms with Crippen LogP contribution in [0.3, 0.4) is 0 Å². The number of hydrogen-bond acceptors (Lipinski definition) is 4. The summed E-state index contributed by atoms with van der Waals surface area (Å²) in [5.41, 5.74) is 7.65. The first-order valence-electron chi connectivity index (χ1n) is 6.91. The van der Waals surface area contributed by atoms with E-state index in [4.69, 9.17) is 19.9 Å². The lowest BCUT2D eigenvalue weighted by Crippen LogP contribution is -2.08. The van der Waals surface area contributed by atoms with Crippen LogP contribution in [-0.4, -0.2) is 13.2 Å². The topological polar surface area (TPSA) is 53.7 Å². The second kappa shape index (κ2) is 6.88. The smallest absolute Gasteiger partial charge is 0.146 e. The minimum Gasteiger partial charge on any atom is -0.497 e. The van der Waals surface area contributed by atoms with Gasteiger partial charge in [0.25, 0.3) is 0 Å². The van der Waals surface area contributed by atoms with E-state index in [0.717, 1.165) is 11.3 Å². The van der Waals surface area contributed by atoms with E-state index in [0.29, 0.717) is 23.8 Å². The van der Waals surface area contributed by atoms with E-state index in [1.165, 1.54) is 0 Å². The van der Waals surface area contributed by atoms with Gasteiger partial charge >= 0.3 is 0 Å². The number of benzene rings is 2. The van der Waals surface area contributed by atoms with E-state index in [-0.39, 0.29) is 6.10 Å². The Labute approximate surface area is 125 Å². The molecule has 0 amide bonds. The third-order valence-electron chi connectivity index (χ3n) is 2.94. The Hall–Kier alpha value is -2.36. The zero-order valence-corrected chi connectivity index (χ0v) is 12.6. The van der Waals surface area contributed by atoms with E-state index in [9.17, 15) is 0 Å². The fourth-order valence-corrected chi connectivity index (χ4v) is 1.89. The Balaban J connectivity index is 2.05. The van der Waals surface area contributed by atoms with Gasteiger partial charge in [0.15, 0.2) is 0 Å². The van der Waals surface area contributed by atoms with Crippen LogP contribution < -0.4 is 19.9 Å². The van der Waals surface area contributed by atoms with Gasteiger partial charge < -0.3 is 19.9 Å². The summed E-state index contributed by atoms with van der Waals surface area (Å²) in [4.78, 5) is 0. The number of hydrogen-bond donors (Lipinski definition) is 1. The zero-order chi connectivity index (χ0) is 15.2. The van der Waals surface area contributed by atoms with E-state index in [2.05, 4.69) is 0 Å². The van der Waals surface area contributed by atoms with Gasteiger partial charge in [0.1, 0.15) is 29.5 Å². The lowest BCUT2D eigenvalue weighted by molar-refractivity contribution is 0.241. The molecule has 0 unspecified atom stereocenters. The Morgan fingerprint density at radius 2 is 1.67 bits per heavy atom. The first kappa shape index (κ1) is 15.0. The molecule has 0 saturated heterocycles. The number of ether oxygens (including phenoxy) is 3. The zero-order valence-electron chi connectivity index (χ0n) is 12.6. The predicted octanol–water partition coefficient (Wildman–Crippen LogP) is 3.64. The average Bonchev–Trinajstić information content (AvgIpc) is 2.48. The van der Waals surface area contributed by atoms with Crippen LogP contribution >= 0.6 is 0 Å². The van der Waals surface area contributed by atoms with Crippen LogP contribution in [0.5, 0.6) is 17.2 Å². The fraction of sp³-hybridized carbons (Fsp3) is 0.294. The van der Waals surface area contributed by atoms with E-state index in [1.807, 2.05) is 56.3 Å². The highest BCUT2D eigenvalue weighted by Gasteiger charge is 2.08. The van der Waals surface area contributed by atoms with Crippen LogP contribution in [0.15, 0.2) is 42.5 Å². The highest BCUT2D eigenvalue weighted by atomic mass is 16.5. The van der Waals surface area contributed by atoms with Gasteiger partial charge in [-0.1, -0.05) is 18.2 Å². The minimum atomic E-state index is 0.0733. The molecule has 0 aliphatic carbocycles. The highest BCUT2D eigenvalue weighted by molar-refractivity contribution is 5.62. The van der Waals surface area contributed by atoms with Gasteiger partial charge in [0.05, 0.1) is 13.2 Å². The van der Waals surface area contributed by atoms with Gasteiger partial charge in [-0.2, -0.15) is 0 Å². The highest BCUT2D eigenvalue weighted by Crippen LogP contribution is 2.32. The Morgan fingerprint density at radius 3 is 2.29 bits per heavy atom. The van der Waals surface area contributed by atoms with Crippen molar-refractivity contribution in [3.05, 3.63) is 48.0 Å². The number of anilines is 1. The molecule has 0 spiro atoms. The van der Waals surface area contributed by atoms with Crippen molar-refractivity contribution in [1.82, 2.24) is 0 Å². The SMILES string of the molecule is COc1ccc(COc2cccc(OC(C)C)c2N)cc1. The van der Waals surface area contributed by atoms with Crippen LogP contribution in [0.4, 0.5) is 5.69 Å². The summed E-state index contributed by atoms with van der Waals surface area (Å²) in [6.45, 7) is 4.37. The molecule has 0 atom stereocenters. The van der Waals surface area contributed by atoms with Crippen molar-refractivity contribution in [2.75, 3.05) is 12.8 Å². The van der Waals surface area contributed by atoms with Crippen LogP contribution in [0.1, 0.15) is 19.4 Å². The number of rotatable bonds is 6. The summed E-state index contributed by atoms with van der Waals surface area (Å²) in [5, 5.41) is 0. The molecule has 2 N–H and O–H groups in total. The normalized spacial score (nSPS) is 10.5. The molecule has 4 nitrogen and oxygen atoms in total. The number of para-hydroxylation sites is 1. The second-order valence-corrected chi connectivity index (χ2v) is 4.97. The summed E-state index contributed by atoms with van der Waals surface area (Å²) in [6, 6.07) is 13.3. The second-order valence-electron chi connectivity index (χ2n) is 4.97. The van der Waals surface area contributed by atoms with Gasteiger partial charge in [-0.25, -0.2) is 0 Å². The monoisotopic (exact) mass is 287 g/mol. The first-order valence-corrected chi connectivity index (χ1v) is 6.91. The van der Waals surface area contributed by atoms with Gasteiger partial charge in [-0.3, -0.25) is 0 Å². The minimum absolute atomic E-state index is 0.0733. The lowest BCUT2D eigenvalue weighted by atomic mass is 10.2. The number of nitrogens with two attached hydrogens (primary N) is 1. The van der Waals surface area contributed by atoms with E-state index in [1.54, 1.807) is 7.11 Å². The van der Waals surface area contributed by atoms with Crippen molar-refractivity contribution in [2.45, 2.75) is 26.6 Å². The van der Waals surface area contributed by atoms with Crippen LogP contribution in [0.2, 0.25) is 0 Å². The van der Waals surface area contributed by atoms with Crippen molar-refractivity contribution >= 4 is 5.69 Å².